The van der Waals surface area contributed by atoms with Crippen LogP contribution in [-0.2, 0) is 19.0 Å². The van der Waals surface area contributed by atoms with Gasteiger partial charge in [-0.15, -0.1) is 0 Å². The molecule has 0 aromatic carbocycles. The van der Waals surface area contributed by atoms with Crippen LogP contribution in [0.1, 0.15) is 79.6 Å². The highest BCUT2D eigenvalue weighted by atomic mass is 16.7. The number of Topliss-reactive ketones (excluding diaryl/α,β-unsaturated/α-hetero) is 1. The Morgan fingerprint density at radius 1 is 1.11 bits per heavy atom. The molecule has 3 rings (SSSR count). The summed E-state index contributed by atoms with van der Waals surface area (Å²) in [5, 5.41) is 0. The van der Waals surface area contributed by atoms with E-state index in [1.165, 1.54) is 6.42 Å². The Morgan fingerprint density at radius 2 is 1.79 bits per heavy atom. The Bertz CT molecular complexity index is 577. The van der Waals surface area contributed by atoms with Gasteiger partial charge in [0, 0.05) is 31.0 Å². The van der Waals surface area contributed by atoms with Crippen LogP contribution in [-0.4, -0.2) is 39.0 Å². The van der Waals surface area contributed by atoms with E-state index >= 15 is 0 Å². The third-order valence-electron chi connectivity index (χ3n) is 9.33. The maximum absolute atomic E-state index is 13.9. The van der Waals surface area contributed by atoms with Gasteiger partial charge in [-0.2, -0.15) is 0 Å². The van der Waals surface area contributed by atoms with E-state index in [2.05, 4.69) is 34.6 Å². The second-order valence-electron chi connectivity index (χ2n) is 10.5. The molecule has 4 nitrogen and oxygen atoms in total. The largest absolute Gasteiger partial charge is 0.381 e. The van der Waals surface area contributed by atoms with E-state index < -0.39 is 0 Å². The van der Waals surface area contributed by atoms with Gasteiger partial charge in [-0.1, -0.05) is 41.0 Å². The summed E-state index contributed by atoms with van der Waals surface area (Å²) >= 11 is 0. The molecule has 28 heavy (non-hydrogen) atoms. The van der Waals surface area contributed by atoms with Crippen LogP contribution in [0.2, 0.25) is 0 Å². The maximum Gasteiger partial charge on any atom is 0.146 e. The van der Waals surface area contributed by atoms with Crippen LogP contribution in [0.25, 0.3) is 0 Å². The topological polar surface area (TPSA) is 44.8 Å². The predicted molar refractivity (Wildman–Crippen MR) is 111 cm³/mol. The Kier molecular flexibility index (Phi) is 6.35. The third kappa shape index (κ3) is 3.09. The van der Waals surface area contributed by atoms with Gasteiger partial charge in [-0.05, 0) is 55.8 Å². The molecular formula is C24H42O4. The Hall–Kier alpha value is -0.450. The number of carbonyl (C=O) groups is 1. The summed E-state index contributed by atoms with van der Waals surface area (Å²) in [4.78, 5) is 13.9. The molecule has 0 aromatic rings. The predicted octanol–water partition coefficient (Wildman–Crippen LogP) is 5.24. The van der Waals surface area contributed by atoms with E-state index in [1.54, 1.807) is 7.11 Å². The van der Waals surface area contributed by atoms with Gasteiger partial charge >= 0.3 is 0 Å². The van der Waals surface area contributed by atoms with Crippen molar-refractivity contribution in [1.29, 1.82) is 0 Å². The highest BCUT2D eigenvalue weighted by Crippen LogP contribution is 2.68. The first kappa shape index (κ1) is 22.2. The normalized spacial score (nSPS) is 48.8. The summed E-state index contributed by atoms with van der Waals surface area (Å²) < 4.78 is 17.8. The molecule has 0 spiro atoms. The lowest BCUT2D eigenvalue weighted by Gasteiger charge is -2.62. The van der Waals surface area contributed by atoms with Crippen LogP contribution in [0.15, 0.2) is 0 Å². The first-order chi connectivity index (χ1) is 13.2. The molecular weight excluding hydrogens is 352 g/mol. The fraction of sp³-hybridized carbons (Fsp3) is 0.958. The van der Waals surface area contributed by atoms with Crippen LogP contribution < -0.4 is 0 Å². The average Bonchev–Trinajstić information content (AvgIpc) is 3.07. The van der Waals surface area contributed by atoms with E-state index in [1.807, 2.05) is 7.11 Å². The van der Waals surface area contributed by atoms with Crippen molar-refractivity contribution in [2.24, 2.45) is 34.0 Å². The van der Waals surface area contributed by atoms with E-state index in [9.17, 15) is 4.79 Å². The Balaban J connectivity index is 2.17. The first-order valence-corrected chi connectivity index (χ1v) is 11.4. The van der Waals surface area contributed by atoms with Crippen molar-refractivity contribution in [2.45, 2.75) is 91.8 Å². The molecule has 0 aromatic heterocycles. The maximum atomic E-state index is 13.9. The molecule has 0 N–H and O–H groups in total. The fourth-order valence-corrected chi connectivity index (χ4v) is 7.66. The second-order valence-corrected chi connectivity index (χ2v) is 10.5. The van der Waals surface area contributed by atoms with Crippen LogP contribution in [0.3, 0.4) is 0 Å². The van der Waals surface area contributed by atoms with Gasteiger partial charge in [0.05, 0.1) is 12.2 Å². The van der Waals surface area contributed by atoms with Gasteiger partial charge in [-0.25, -0.2) is 0 Å². The molecule has 0 aliphatic heterocycles. The van der Waals surface area contributed by atoms with E-state index in [0.29, 0.717) is 17.6 Å². The smallest absolute Gasteiger partial charge is 0.146 e. The van der Waals surface area contributed by atoms with E-state index in [0.717, 1.165) is 38.5 Å². The molecule has 3 saturated carbocycles. The first-order valence-electron chi connectivity index (χ1n) is 11.4. The van der Waals surface area contributed by atoms with Crippen molar-refractivity contribution in [1.82, 2.24) is 0 Å². The van der Waals surface area contributed by atoms with Crippen molar-refractivity contribution in [3.8, 4) is 0 Å². The zero-order valence-electron chi connectivity index (χ0n) is 19.2. The summed E-state index contributed by atoms with van der Waals surface area (Å²) in [7, 11) is 3.54. The van der Waals surface area contributed by atoms with Crippen molar-refractivity contribution in [3.05, 3.63) is 0 Å². The third-order valence-corrected chi connectivity index (χ3v) is 9.33. The number of rotatable bonds is 6. The highest BCUT2D eigenvalue weighted by molar-refractivity contribution is 5.87. The van der Waals surface area contributed by atoms with E-state index in [-0.39, 0.29) is 41.2 Å². The minimum Gasteiger partial charge on any atom is -0.381 e. The molecule has 4 heteroatoms. The van der Waals surface area contributed by atoms with Crippen LogP contribution >= 0.6 is 0 Å². The highest BCUT2D eigenvalue weighted by Gasteiger charge is 2.68. The van der Waals surface area contributed by atoms with Crippen LogP contribution in [0.4, 0.5) is 0 Å². The van der Waals surface area contributed by atoms with Gasteiger partial charge in [0.25, 0.3) is 0 Å². The van der Waals surface area contributed by atoms with Gasteiger partial charge < -0.3 is 14.2 Å². The van der Waals surface area contributed by atoms with Crippen LogP contribution in [0, 0.1) is 34.0 Å². The number of carbonyl (C=O) groups excluding carboxylic acids is 1. The minimum absolute atomic E-state index is 0.0101. The zero-order valence-corrected chi connectivity index (χ0v) is 19.2. The number of ether oxygens (including phenoxy) is 3. The molecule has 0 saturated heterocycles. The standard InChI is InChI=1S/C24H42O4/c1-8-11-22(4)14-19(28-15-26-6)23(5)16(2)9-12-24(17(3)21(22)25)13-10-18(27-7)20(23)24/h16-20H,8-15H2,1-7H3/t16-,17+,18-,19-,20?,22-,23+,24?/m1/s1. The lowest BCUT2D eigenvalue weighted by Crippen LogP contribution is -2.62. The second kappa shape index (κ2) is 8.00. The summed E-state index contributed by atoms with van der Waals surface area (Å²) in [6, 6.07) is 0. The molecule has 0 heterocycles. The number of methoxy groups -OCH3 is 2. The lowest BCUT2D eigenvalue weighted by atomic mass is 9.43. The van der Waals surface area contributed by atoms with E-state index in [4.69, 9.17) is 14.2 Å². The molecule has 3 aliphatic rings. The molecule has 0 radical (unpaired) electrons. The lowest BCUT2D eigenvalue weighted by molar-refractivity contribution is -0.220. The van der Waals surface area contributed by atoms with Gasteiger partial charge in [0.1, 0.15) is 12.6 Å². The molecule has 2 unspecified atom stereocenters. The molecule has 2 bridgehead atoms. The monoisotopic (exact) mass is 394 g/mol. The Morgan fingerprint density at radius 3 is 2.39 bits per heavy atom. The molecule has 3 aliphatic carbocycles. The SMILES string of the molecule is CCC[C@]1(C)C[C@@H](OCOC)[C@@]2(C)C3[C@H](OC)CCC3(CC[C@H]2C)[C@@H](C)C1=O. The molecule has 8 atom stereocenters. The zero-order chi connectivity index (χ0) is 20.7. The van der Waals surface area contributed by atoms with Gasteiger partial charge in [0.15, 0.2) is 0 Å². The summed E-state index contributed by atoms with van der Waals surface area (Å²) in [6.45, 7) is 11.7. The van der Waals surface area contributed by atoms with Crippen molar-refractivity contribution >= 4 is 5.78 Å². The van der Waals surface area contributed by atoms with Crippen molar-refractivity contribution in [3.63, 3.8) is 0 Å². The molecule has 162 valence electrons. The number of hydrogen-bond donors (Lipinski definition) is 0. The number of ketones is 1. The fourth-order valence-electron chi connectivity index (χ4n) is 7.66. The quantitative estimate of drug-likeness (QED) is 0.578. The van der Waals surface area contributed by atoms with Crippen molar-refractivity contribution < 1.29 is 19.0 Å². The molecule has 3 fully saturated rings. The Labute approximate surface area is 172 Å². The van der Waals surface area contributed by atoms with Crippen LogP contribution in [0.5, 0.6) is 0 Å². The average molecular weight is 395 g/mol. The van der Waals surface area contributed by atoms with Gasteiger partial charge in [-0.3, -0.25) is 4.79 Å². The van der Waals surface area contributed by atoms with Crippen molar-refractivity contribution in [2.75, 3.05) is 21.0 Å². The number of hydrogen-bond acceptors (Lipinski definition) is 4. The molecule has 0 amide bonds. The minimum atomic E-state index is -0.325. The summed E-state index contributed by atoms with van der Waals surface area (Å²) in [5.74, 6) is 1.44. The summed E-state index contributed by atoms with van der Waals surface area (Å²) in [6.07, 6.45) is 7.43. The van der Waals surface area contributed by atoms with Gasteiger partial charge in [0.2, 0.25) is 0 Å². The summed E-state index contributed by atoms with van der Waals surface area (Å²) in [5.41, 5.74) is -0.297.